The Bertz CT molecular complexity index is 1400. The largest absolute Gasteiger partial charge is 0.481 e. The fourth-order valence-electron chi connectivity index (χ4n) is 3.16. The number of carbonyl (C=O) groups is 2. The third kappa shape index (κ3) is 4.50. The highest BCUT2D eigenvalue weighted by molar-refractivity contribution is 8.26. The summed E-state index contributed by atoms with van der Waals surface area (Å²) in [6.07, 6.45) is 2.54. The number of amides is 1. The first-order valence-electron chi connectivity index (χ1n) is 9.68. The van der Waals surface area contributed by atoms with Crippen molar-refractivity contribution >= 4 is 51.9 Å². The van der Waals surface area contributed by atoms with E-state index in [2.05, 4.69) is 4.98 Å². The van der Waals surface area contributed by atoms with Crippen LogP contribution in [-0.2, 0) is 9.59 Å². The standard InChI is InChI=1S/C22H16FN3O5S2/c1-12-5-4-9-25-18(12)24-19(31-15-7-3-2-6-14(15)23)13(20(25)29)11-16-21(30)26(22(32)33-16)10-8-17(27)28/h2-7,9,11H,8,10H2,1H3,(H,27,28)/b16-11-. The molecule has 1 saturated heterocycles. The molecular formula is C22H16FN3O5S2. The van der Waals surface area contributed by atoms with E-state index in [9.17, 15) is 18.8 Å². The fourth-order valence-corrected chi connectivity index (χ4v) is 4.45. The molecule has 33 heavy (non-hydrogen) atoms. The molecule has 1 aliphatic heterocycles. The molecule has 8 nitrogen and oxygen atoms in total. The van der Waals surface area contributed by atoms with Gasteiger partial charge in [0.2, 0.25) is 5.88 Å². The minimum atomic E-state index is -1.07. The van der Waals surface area contributed by atoms with E-state index in [1.165, 1.54) is 34.9 Å². The molecule has 4 rings (SSSR count). The predicted octanol–water partition coefficient (Wildman–Crippen LogP) is 3.61. The number of aliphatic carboxylic acids is 1. The number of ether oxygens (including phenoxy) is 1. The van der Waals surface area contributed by atoms with Crippen LogP contribution in [0.15, 0.2) is 52.3 Å². The summed E-state index contributed by atoms with van der Waals surface area (Å²) in [5.41, 5.74) is 0.422. The molecule has 3 aromatic rings. The maximum Gasteiger partial charge on any atom is 0.305 e. The van der Waals surface area contributed by atoms with Crippen LogP contribution in [-0.4, -0.2) is 42.1 Å². The monoisotopic (exact) mass is 485 g/mol. The number of carboxylic acid groups (broad SMARTS) is 1. The van der Waals surface area contributed by atoms with Crippen LogP contribution in [0.5, 0.6) is 11.6 Å². The number of aryl methyl sites for hydroxylation is 1. The Labute approximate surface area is 196 Å². The van der Waals surface area contributed by atoms with Gasteiger partial charge in [-0.1, -0.05) is 42.2 Å². The van der Waals surface area contributed by atoms with Gasteiger partial charge in [0.1, 0.15) is 15.5 Å². The number of carbonyl (C=O) groups excluding carboxylic acids is 1. The molecule has 0 saturated carbocycles. The van der Waals surface area contributed by atoms with Crippen molar-refractivity contribution in [1.29, 1.82) is 0 Å². The van der Waals surface area contributed by atoms with E-state index in [0.29, 0.717) is 11.2 Å². The van der Waals surface area contributed by atoms with Crippen molar-refractivity contribution in [3.05, 3.63) is 74.8 Å². The van der Waals surface area contributed by atoms with Gasteiger partial charge in [-0.2, -0.15) is 4.98 Å². The number of pyridine rings is 1. The van der Waals surface area contributed by atoms with Gasteiger partial charge in [-0.25, -0.2) is 4.39 Å². The first-order valence-corrected chi connectivity index (χ1v) is 10.9. The smallest absolute Gasteiger partial charge is 0.305 e. The SMILES string of the molecule is Cc1cccn2c(=O)c(/C=C3\SC(=S)N(CCC(=O)O)C3=O)c(Oc3ccccc3F)nc12. The molecule has 1 amide bonds. The molecular weight excluding hydrogens is 469 g/mol. The van der Waals surface area contributed by atoms with Crippen LogP contribution in [0, 0.1) is 12.7 Å². The molecule has 0 radical (unpaired) electrons. The fraction of sp³-hybridized carbons (Fsp3) is 0.136. The van der Waals surface area contributed by atoms with Crippen LogP contribution in [0.4, 0.5) is 4.39 Å². The molecule has 1 N–H and O–H groups in total. The van der Waals surface area contributed by atoms with Gasteiger partial charge in [-0.05, 0) is 36.8 Å². The zero-order valence-corrected chi connectivity index (χ0v) is 18.8. The number of carboxylic acids is 1. The molecule has 3 heterocycles. The maximum atomic E-state index is 14.2. The molecule has 1 fully saturated rings. The minimum Gasteiger partial charge on any atom is -0.481 e. The van der Waals surface area contributed by atoms with E-state index in [0.717, 1.165) is 16.7 Å². The second kappa shape index (κ2) is 9.12. The van der Waals surface area contributed by atoms with Crippen molar-refractivity contribution in [2.45, 2.75) is 13.3 Å². The van der Waals surface area contributed by atoms with E-state index in [1.807, 2.05) is 0 Å². The Morgan fingerprint density at radius 1 is 1.27 bits per heavy atom. The molecule has 1 aromatic carbocycles. The zero-order valence-electron chi connectivity index (χ0n) is 17.1. The average molecular weight is 486 g/mol. The average Bonchev–Trinajstić information content (AvgIpc) is 3.04. The number of nitrogens with zero attached hydrogens (tertiary/aromatic N) is 3. The predicted molar refractivity (Wildman–Crippen MR) is 125 cm³/mol. The molecule has 0 bridgehead atoms. The lowest BCUT2D eigenvalue weighted by molar-refractivity contribution is -0.137. The number of para-hydroxylation sites is 1. The van der Waals surface area contributed by atoms with Crippen molar-refractivity contribution in [3.63, 3.8) is 0 Å². The molecule has 168 valence electrons. The molecule has 2 aromatic heterocycles. The van der Waals surface area contributed by atoms with Crippen molar-refractivity contribution in [3.8, 4) is 11.6 Å². The van der Waals surface area contributed by atoms with Crippen LogP contribution in [0.2, 0.25) is 0 Å². The second-order valence-electron chi connectivity index (χ2n) is 7.03. The topological polar surface area (TPSA) is 101 Å². The lowest BCUT2D eigenvalue weighted by Crippen LogP contribution is -2.30. The zero-order chi connectivity index (χ0) is 23.7. The van der Waals surface area contributed by atoms with Crippen molar-refractivity contribution < 1.29 is 23.8 Å². The highest BCUT2D eigenvalue weighted by Crippen LogP contribution is 2.34. The number of hydrogen-bond acceptors (Lipinski definition) is 7. The Morgan fingerprint density at radius 2 is 2.03 bits per heavy atom. The summed E-state index contributed by atoms with van der Waals surface area (Å²) < 4.78 is 21.4. The third-order valence-corrected chi connectivity index (χ3v) is 6.17. The summed E-state index contributed by atoms with van der Waals surface area (Å²) in [4.78, 5) is 42.7. The third-order valence-electron chi connectivity index (χ3n) is 4.79. The quantitative estimate of drug-likeness (QED) is 0.418. The normalized spacial score (nSPS) is 15.0. The van der Waals surface area contributed by atoms with Crippen molar-refractivity contribution in [1.82, 2.24) is 14.3 Å². The molecule has 0 unspecified atom stereocenters. The lowest BCUT2D eigenvalue weighted by Gasteiger charge is -2.13. The minimum absolute atomic E-state index is 0.0694. The number of hydrogen-bond donors (Lipinski definition) is 1. The number of benzene rings is 1. The van der Waals surface area contributed by atoms with Gasteiger partial charge in [-0.15, -0.1) is 0 Å². The number of halogens is 1. The van der Waals surface area contributed by atoms with E-state index in [1.54, 1.807) is 25.1 Å². The number of thioether (sulfide) groups is 1. The molecule has 0 spiro atoms. The Balaban J connectivity index is 1.84. The van der Waals surface area contributed by atoms with Crippen LogP contribution in [0.1, 0.15) is 17.5 Å². The van der Waals surface area contributed by atoms with E-state index >= 15 is 0 Å². The first-order chi connectivity index (χ1) is 15.8. The molecule has 1 aliphatic rings. The van der Waals surface area contributed by atoms with E-state index in [4.69, 9.17) is 22.1 Å². The van der Waals surface area contributed by atoms with E-state index < -0.39 is 23.3 Å². The van der Waals surface area contributed by atoms with Crippen molar-refractivity contribution in [2.75, 3.05) is 6.54 Å². The van der Waals surface area contributed by atoms with Gasteiger partial charge < -0.3 is 9.84 Å². The summed E-state index contributed by atoms with van der Waals surface area (Å²) in [6.45, 7) is 1.67. The lowest BCUT2D eigenvalue weighted by atomic mass is 10.2. The summed E-state index contributed by atoms with van der Waals surface area (Å²) in [5, 5.41) is 8.90. The first kappa shape index (κ1) is 22.6. The summed E-state index contributed by atoms with van der Waals surface area (Å²) in [5.74, 6) is -2.55. The van der Waals surface area contributed by atoms with E-state index in [-0.39, 0.29) is 39.4 Å². The van der Waals surface area contributed by atoms with Gasteiger partial charge in [0.25, 0.3) is 11.5 Å². The van der Waals surface area contributed by atoms with Crippen LogP contribution in [0.25, 0.3) is 11.7 Å². The van der Waals surface area contributed by atoms with Gasteiger partial charge in [0.15, 0.2) is 11.6 Å². The number of thiocarbonyl (C=S) groups is 1. The number of aromatic nitrogens is 2. The number of rotatable bonds is 6. The highest BCUT2D eigenvalue weighted by Gasteiger charge is 2.33. The van der Waals surface area contributed by atoms with Gasteiger partial charge >= 0.3 is 5.97 Å². The van der Waals surface area contributed by atoms with Crippen LogP contribution >= 0.6 is 24.0 Å². The maximum absolute atomic E-state index is 14.2. The summed E-state index contributed by atoms with van der Waals surface area (Å²) >= 11 is 6.13. The summed E-state index contributed by atoms with van der Waals surface area (Å²) in [7, 11) is 0. The molecule has 0 atom stereocenters. The van der Waals surface area contributed by atoms with Crippen LogP contribution in [0.3, 0.4) is 0 Å². The Hall–Kier alpha value is -3.57. The van der Waals surface area contributed by atoms with Crippen molar-refractivity contribution in [2.24, 2.45) is 0 Å². The van der Waals surface area contributed by atoms with Gasteiger partial charge in [0.05, 0.1) is 11.3 Å². The van der Waals surface area contributed by atoms with Gasteiger partial charge in [0, 0.05) is 12.7 Å². The highest BCUT2D eigenvalue weighted by atomic mass is 32.2. The Kier molecular flexibility index (Phi) is 6.25. The Morgan fingerprint density at radius 3 is 2.76 bits per heavy atom. The molecule has 0 aliphatic carbocycles. The van der Waals surface area contributed by atoms with Gasteiger partial charge in [-0.3, -0.25) is 23.7 Å². The number of fused-ring (bicyclic) bond motifs is 1. The van der Waals surface area contributed by atoms with Crippen LogP contribution < -0.4 is 10.3 Å². The molecule has 11 heteroatoms. The second-order valence-corrected chi connectivity index (χ2v) is 8.71. The summed E-state index contributed by atoms with van der Waals surface area (Å²) in [6, 6.07) is 9.12.